The maximum Gasteiger partial charge on any atom is 0.246 e. The standard InChI is InChI=1S/C20H24N2O2S/c1-15-9-11-18(12-10-15)25-14-19(21-16(2)23)20(24)22(3)13-17-7-5-4-6-8-17/h4-12,19H,13-14H2,1-3H3,(H,21,23). The molecule has 25 heavy (non-hydrogen) atoms. The lowest BCUT2D eigenvalue weighted by Crippen LogP contribution is -2.48. The van der Waals surface area contributed by atoms with E-state index in [1.165, 1.54) is 12.5 Å². The van der Waals surface area contributed by atoms with Crippen molar-refractivity contribution in [1.29, 1.82) is 0 Å². The van der Waals surface area contributed by atoms with Crippen LogP contribution < -0.4 is 5.32 Å². The summed E-state index contributed by atoms with van der Waals surface area (Å²) in [4.78, 5) is 27.0. The van der Waals surface area contributed by atoms with Crippen LogP contribution in [0.15, 0.2) is 59.5 Å². The highest BCUT2D eigenvalue weighted by Gasteiger charge is 2.23. The van der Waals surface area contributed by atoms with Crippen molar-refractivity contribution < 1.29 is 9.59 Å². The molecule has 0 saturated carbocycles. The average molecular weight is 356 g/mol. The van der Waals surface area contributed by atoms with Crippen LogP contribution in [0.5, 0.6) is 0 Å². The smallest absolute Gasteiger partial charge is 0.246 e. The van der Waals surface area contributed by atoms with Gasteiger partial charge in [0.25, 0.3) is 0 Å². The third-order valence-electron chi connectivity index (χ3n) is 3.75. The molecular weight excluding hydrogens is 332 g/mol. The number of rotatable bonds is 7. The number of aryl methyl sites for hydroxylation is 1. The van der Waals surface area contributed by atoms with Crippen molar-refractivity contribution in [2.75, 3.05) is 12.8 Å². The molecule has 4 nitrogen and oxygen atoms in total. The summed E-state index contributed by atoms with van der Waals surface area (Å²) in [7, 11) is 1.76. The van der Waals surface area contributed by atoms with Crippen LogP contribution >= 0.6 is 11.8 Å². The summed E-state index contributed by atoms with van der Waals surface area (Å²) >= 11 is 1.57. The van der Waals surface area contributed by atoms with Gasteiger partial charge in [0.05, 0.1) is 0 Å². The van der Waals surface area contributed by atoms with Gasteiger partial charge in [-0.25, -0.2) is 0 Å². The van der Waals surface area contributed by atoms with Crippen molar-refractivity contribution in [3.63, 3.8) is 0 Å². The van der Waals surface area contributed by atoms with Crippen LogP contribution in [0.1, 0.15) is 18.1 Å². The maximum atomic E-state index is 12.8. The lowest BCUT2D eigenvalue weighted by Gasteiger charge is -2.24. The van der Waals surface area contributed by atoms with Crippen LogP contribution in [0.25, 0.3) is 0 Å². The molecule has 1 unspecified atom stereocenters. The first-order chi connectivity index (χ1) is 12.0. The van der Waals surface area contributed by atoms with Gasteiger partial charge in [0.2, 0.25) is 11.8 Å². The second-order valence-electron chi connectivity index (χ2n) is 6.06. The molecule has 132 valence electrons. The van der Waals surface area contributed by atoms with Crippen molar-refractivity contribution in [3.05, 3.63) is 65.7 Å². The van der Waals surface area contributed by atoms with E-state index in [-0.39, 0.29) is 11.8 Å². The fourth-order valence-electron chi connectivity index (χ4n) is 2.44. The van der Waals surface area contributed by atoms with E-state index in [0.29, 0.717) is 12.3 Å². The van der Waals surface area contributed by atoms with Gasteiger partial charge < -0.3 is 10.2 Å². The quantitative estimate of drug-likeness (QED) is 0.775. The SMILES string of the molecule is CC(=O)NC(CSc1ccc(C)cc1)C(=O)N(C)Cc1ccccc1. The summed E-state index contributed by atoms with van der Waals surface area (Å²) in [5, 5.41) is 2.78. The number of nitrogens with one attached hydrogen (secondary N) is 1. The first kappa shape index (κ1) is 19.1. The van der Waals surface area contributed by atoms with E-state index in [9.17, 15) is 9.59 Å². The Bertz CT molecular complexity index is 701. The molecule has 0 heterocycles. The summed E-state index contributed by atoms with van der Waals surface area (Å²) in [5.41, 5.74) is 2.26. The number of hydrogen-bond donors (Lipinski definition) is 1. The molecule has 2 aromatic rings. The number of hydrogen-bond acceptors (Lipinski definition) is 3. The van der Waals surface area contributed by atoms with E-state index in [1.807, 2.05) is 61.5 Å². The van der Waals surface area contributed by atoms with Gasteiger partial charge in [0.1, 0.15) is 6.04 Å². The Morgan fingerprint density at radius 1 is 1.08 bits per heavy atom. The first-order valence-electron chi connectivity index (χ1n) is 8.21. The largest absolute Gasteiger partial charge is 0.344 e. The minimum absolute atomic E-state index is 0.0846. The molecular formula is C20H24N2O2S. The zero-order valence-corrected chi connectivity index (χ0v) is 15.7. The highest BCUT2D eigenvalue weighted by atomic mass is 32.2. The molecule has 0 aromatic heterocycles. The Hall–Kier alpha value is -2.27. The van der Waals surface area contributed by atoms with E-state index in [0.717, 1.165) is 10.5 Å². The number of nitrogens with zero attached hydrogens (tertiary/aromatic N) is 1. The summed E-state index contributed by atoms with van der Waals surface area (Å²) in [6.07, 6.45) is 0. The van der Waals surface area contributed by atoms with Crippen molar-refractivity contribution in [2.24, 2.45) is 0 Å². The fraction of sp³-hybridized carbons (Fsp3) is 0.300. The summed E-state index contributed by atoms with van der Waals surface area (Å²) in [6.45, 7) is 4.00. The second-order valence-corrected chi connectivity index (χ2v) is 7.15. The van der Waals surface area contributed by atoms with Crippen LogP contribution in [-0.4, -0.2) is 35.6 Å². The predicted octanol–water partition coefficient (Wildman–Crippen LogP) is 3.25. The molecule has 0 radical (unpaired) electrons. The lowest BCUT2D eigenvalue weighted by molar-refractivity contribution is -0.134. The van der Waals surface area contributed by atoms with Crippen LogP contribution in [0.2, 0.25) is 0 Å². The zero-order valence-electron chi connectivity index (χ0n) is 14.9. The Kier molecular flexibility index (Phi) is 7.07. The molecule has 0 spiro atoms. The van der Waals surface area contributed by atoms with Gasteiger partial charge in [-0.05, 0) is 24.6 Å². The van der Waals surface area contributed by atoms with Crippen LogP contribution in [0, 0.1) is 6.92 Å². The van der Waals surface area contributed by atoms with Gasteiger partial charge in [-0.1, -0.05) is 48.0 Å². The van der Waals surface area contributed by atoms with Crippen LogP contribution in [-0.2, 0) is 16.1 Å². The van der Waals surface area contributed by atoms with Gasteiger partial charge in [-0.15, -0.1) is 11.8 Å². The minimum atomic E-state index is -0.544. The Balaban J connectivity index is 2.00. The molecule has 2 aromatic carbocycles. The van der Waals surface area contributed by atoms with Crippen LogP contribution in [0.3, 0.4) is 0 Å². The van der Waals surface area contributed by atoms with Crippen molar-refractivity contribution in [3.8, 4) is 0 Å². The third kappa shape index (κ3) is 6.27. The topological polar surface area (TPSA) is 49.4 Å². The molecule has 0 aliphatic rings. The minimum Gasteiger partial charge on any atom is -0.344 e. The maximum absolute atomic E-state index is 12.8. The van der Waals surface area contributed by atoms with Gasteiger partial charge in [-0.2, -0.15) is 0 Å². The van der Waals surface area contributed by atoms with Crippen molar-refractivity contribution in [1.82, 2.24) is 10.2 Å². The second kappa shape index (κ2) is 9.28. The monoisotopic (exact) mass is 356 g/mol. The molecule has 0 fully saturated rings. The average Bonchev–Trinajstić information content (AvgIpc) is 2.60. The predicted molar refractivity (Wildman–Crippen MR) is 102 cm³/mol. The number of thioether (sulfide) groups is 1. The molecule has 0 aliphatic carbocycles. The van der Waals surface area contributed by atoms with Gasteiger partial charge in [0, 0.05) is 31.2 Å². The molecule has 1 atom stereocenters. The number of carbonyl (C=O) groups excluding carboxylic acids is 2. The summed E-state index contributed by atoms with van der Waals surface area (Å²) in [5.74, 6) is 0.218. The number of benzene rings is 2. The van der Waals surface area contributed by atoms with Gasteiger partial charge in [0.15, 0.2) is 0 Å². The highest BCUT2D eigenvalue weighted by Crippen LogP contribution is 2.20. The summed E-state index contributed by atoms with van der Waals surface area (Å²) < 4.78 is 0. The molecule has 2 amide bonds. The highest BCUT2D eigenvalue weighted by molar-refractivity contribution is 7.99. The lowest BCUT2D eigenvalue weighted by atomic mass is 10.2. The van der Waals surface area contributed by atoms with E-state index in [2.05, 4.69) is 5.32 Å². The van der Waals surface area contributed by atoms with Crippen molar-refractivity contribution >= 4 is 23.6 Å². The molecule has 1 N–H and O–H groups in total. The Morgan fingerprint density at radius 2 is 1.72 bits per heavy atom. The van der Waals surface area contributed by atoms with E-state index < -0.39 is 6.04 Å². The molecule has 0 bridgehead atoms. The Labute approximate surface area is 153 Å². The van der Waals surface area contributed by atoms with E-state index in [4.69, 9.17) is 0 Å². The number of amides is 2. The molecule has 0 aliphatic heterocycles. The van der Waals surface area contributed by atoms with Gasteiger partial charge in [-0.3, -0.25) is 9.59 Å². The molecule has 5 heteroatoms. The Morgan fingerprint density at radius 3 is 2.32 bits per heavy atom. The van der Waals surface area contributed by atoms with Crippen LogP contribution in [0.4, 0.5) is 0 Å². The number of carbonyl (C=O) groups is 2. The molecule has 0 saturated heterocycles. The van der Waals surface area contributed by atoms with Crippen molar-refractivity contribution in [2.45, 2.75) is 31.3 Å². The van der Waals surface area contributed by atoms with E-state index >= 15 is 0 Å². The summed E-state index contributed by atoms with van der Waals surface area (Å²) in [6, 6.07) is 17.4. The van der Waals surface area contributed by atoms with Gasteiger partial charge >= 0.3 is 0 Å². The molecule has 2 rings (SSSR count). The zero-order chi connectivity index (χ0) is 18.2. The fourth-order valence-corrected chi connectivity index (χ4v) is 3.35. The third-order valence-corrected chi connectivity index (χ3v) is 4.86. The van der Waals surface area contributed by atoms with E-state index in [1.54, 1.807) is 23.7 Å². The first-order valence-corrected chi connectivity index (χ1v) is 9.19. The number of likely N-dealkylation sites (N-methyl/N-ethyl adjacent to an activating group) is 1. The normalized spacial score (nSPS) is 11.6.